The van der Waals surface area contributed by atoms with Crippen LogP contribution in [0.4, 0.5) is 13.2 Å². The fourth-order valence-corrected chi connectivity index (χ4v) is 3.82. The van der Waals surface area contributed by atoms with E-state index in [1.807, 2.05) is 0 Å². The molecule has 0 aliphatic carbocycles. The zero-order chi connectivity index (χ0) is 20.3. The fourth-order valence-electron chi connectivity index (χ4n) is 2.96. The molecule has 1 aromatic heterocycles. The molecule has 1 aromatic carbocycles. The van der Waals surface area contributed by atoms with E-state index in [1.165, 1.54) is 18.2 Å². The lowest BCUT2D eigenvalue weighted by Crippen LogP contribution is -2.47. The lowest BCUT2D eigenvalue weighted by molar-refractivity contribution is 0.0180. The maximum absolute atomic E-state index is 14.4. The molecule has 1 aliphatic heterocycles. The Morgan fingerprint density at radius 2 is 2.00 bits per heavy atom. The van der Waals surface area contributed by atoms with Gasteiger partial charge in [-0.2, -0.15) is 4.39 Å². The molecule has 2 aromatic rings. The normalized spacial score (nSPS) is 20.1. The van der Waals surface area contributed by atoms with Crippen molar-refractivity contribution in [2.45, 2.75) is 12.5 Å². The zero-order valence-electron chi connectivity index (χ0n) is 15.0. The Kier molecular flexibility index (Phi) is 6.21. The molecule has 1 N–H and O–H groups in total. The minimum Gasteiger partial charge on any atom is -0.490 e. The molecule has 28 heavy (non-hydrogen) atoms. The van der Waals surface area contributed by atoms with Crippen LogP contribution in [0.2, 0.25) is 0 Å². The topological polar surface area (TPSA) is 77.5 Å². The molecule has 2 heterocycles. The van der Waals surface area contributed by atoms with Gasteiger partial charge >= 0.3 is 0 Å². The van der Waals surface area contributed by atoms with E-state index in [9.17, 15) is 21.6 Å². The van der Waals surface area contributed by atoms with Crippen LogP contribution < -0.4 is 9.46 Å². The maximum atomic E-state index is 14.4. The van der Waals surface area contributed by atoms with Crippen molar-refractivity contribution in [1.29, 1.82) is 0 Å². The minimum absolute atomic E-state index is 0.0578. The summed E-state index contributed by atoms with van der Waals surface area (Å²) < 4.78 is 78.0. The molecule has 6 nitrogen and oxygen atoms in total. The number of benzene rings is 1. The molecule has 0 amide bonds. The summed E-state index contributed by atoms with van der Waals surface area (Å²) >= 11 is 0. The Labute approximate surface area is 160 Å². The lowest BCUT2D eigenvalue weighted by Gasteiger charge is -2.31. The largest absolute Gasteiger partial charge is 0.490 e. The molecule has 152 valence electrons. The van der Waals surface area contributed by atoms with Crippen molar-refractivity contribution >= 4 is 10.0 Å². The van der Waals surface area contributed by atoms with E-state index in [0.717, 1.165) is 18.5 Å². The molecule has 0 bridgehead atoms. The fraction of sp³-hybridized carbons (Fsp3) is 0.389. The van der Waals surface area contributed by atoms with Crippen LogP contribution in [0.15, 0.2) is 30.5 Å². The highest BCUT2D eigenvalue weighted by Gasteiger charge is 2.29. The molecular formula is C18H19F3N2O4S. The summed E-state index contributed by atoms with van der Waals surface area (Å²) in [5.74, 6) is -3.62. The smallest absolute Gasteiger partial charge is 0.208 e. The van der Waals surface area contributed by atoms with Gasteiger partial charge in [-0.15, -0.1) is 0 Å². The van der Waals surface area contributed by atoms with Gasteiger partial charge in [0.05, 0.1) is 31.4 Å². The van der Waals surface area contributed by atoms with Crippen molar-refractivity contribution in [3.05, 3.63) is 47.9 Å². The number of sulfonamides is 1. The van der Waals surface area contributed by atoms with Crippen molar-refractivity contribution in [2.24, 2.45) is 5.92 Å². The molecule has 0 unspecified atom stereocenters. The highest BCUT2D eigenvalue weighted by Crippen LogP contribution is 2.29. The van der Waals surface area contributed by atoms with Crippen LogP contribution in [0.5, 0.6) is 5.75 Å². The summed E-state index contributed by atoms with van der Waals surface area (Å²) in [6.07, 6.45) is 2.42. The van der Waals surface area contributed by atoms with Crippen LogP contribution in [0.1, 0.15) is 6.42 Å². The summed E-state index contributed by atoms with van der Waals surface area (Å²) in [6.45, 7) is 0.568. The summed E-state index contributed by atoms with van der Waals surface area (Å²) in [4.78, 5) is 3.74. The van der Waals surface area contributed by atoms with Crippen molar-refractivity contribution in [3.63, 3.8) is 0 Å². The number of hydrogen-bond donors (Lipinski definition) is 1. The van der Waals surface area contributed by atoms with E-state index < -0.39 is 33.5 Å². The highest BCUT2D eigenvalue weighted by atomic mass is 32.2. The second kappa shape index (κ2) is 8.46. The third-order valence-electron chi connectivity index (χ3n) is 4.34. The minimum atomic E-state index is -3.42. The maximum Gasteiger partial charge on any atom is 0.208 e. The third-order valence-corrected chi connectivity index (χ3v) is 5.07. The first kappa shape index (κ1) is 20.6. The Bertz CT molecular complexity index is 939. The molecule has 0 radical (unpaired) electrons. The van der Waals surface area contributed by atoms with E-state index in [-0.39, 0.29) is 36.1 Å². The van der Waals surface area contributed by atoms with Gasteiger partial charge in [-0.05, 0) is 30.7 Å². The first-order chi connectivity index (χ1) is 13.2. The van der Waals surface area contributed by atoms with Gasteiger partial charge in [-0.25, -0.2) is 21.9 Å². The molecule has 10 heteroatoms. The first-order valence-electron chi connectivity index (χ1n) is 8.52. The summed E-state index contributed by atoms with van der Waals surface area (Å²) in [6, 6.07) is 4.47. The Morgan fingerprint density at radius 1 is 1.21 bits per heavy atom. The molecular weight excluding hydrogens is 397 g/mol. The molecule has 1 aliphatic rings. The molecule has 1 saturated heterocycles. The van der Waals surface area contributed by atoms with Gasteiger partial charge in [-0.3, -0.25) is 4.98 Å². The standard InChI is InChI=1S/C18H19F3N2O4S/c1-28(24,25)23-14-6-7-26-9-11(14)10-27-16-5-3-13(17(20)18(16)21)15-4-2-12(19)8-22-15/h2-5,8,11,14,23H,6-7,9-10H2,1H3/t11-,14+/m1/s1. The predicted octanol–water partition coefficient (Wildman–Crippen LogP) is 2.50. The number of pyridine rings is 1. The Morgan fingerprint density at radius 3 is 2.68 bits per heavy atom. The van der Waals surface area contributed by atoms with Crippen molar-refractivity contribution < 1.29 is 31.1 Å². The van der Waals surface area contributed by atoms with Gasteiger partial charge in [0.25, 0.3) is 0 Å². The average Bonchev–Trinajstić information content (AvgIpc) is 2.64. The lowest BCUT2D eigenvalue weighted by atomic mass is 9.98. The summed E-state index contributed by atoms with van der Waals surface area (Å²) in [7, 11) is -3.42. The zero-order valence-corrected chi connectivity index (χ0v) is 15.8. The molecule has 2 atom stereocenters. The second-order valence-electron chi connectivity index (χ2n) is 6.53. The van der Waals surface area contributed by atoms with Crippen LogP contribution >= 0.6 is 0 Å². The van der Waals surface area contributed by atoms with Gasteiger partial charge in [0.1, 0.15) is 5.82 Å². The molecule has 1 fully saturated rings. The third kappa shape index (κ3) is 5.00. The van der Waals surface area contributed by atoms with Crippen LogP contribution in [0.25, 0.3) is 11.3 Å². The van der Waals surface area contributed by atoms with Crippen LogP contribution in [-0.4, -0.2) is 45.5 Å². The quantitative estimate of drug-likeness (QED) is 0.783. The number of hydrogen-bond acceptors (Lipinski definition) is 5. The van der Waals surface area contributed by atoms with E-state index in [0.29, 0.717) is 13.0 Å². The number of ether oxygens (including phenoxy) is 2. The summed E-state index contributed by atoms with van der Waals surface area (Å²) in [5, 5.41) is 0. The van der Waals surface area contributed by atoms with Crippen LogP contribution in [-0.2, 0) is 14.8 Å². The molecule has 0 spiro atoms. The molecule has 3 rings (SSSR count). The van der Waals surface area contributed by atoms with Gasteiger partial charge in [0.2, 0.25) is 15.8 Å². The van der Waals surface area contributed by atoms with Gasteiger partial charge < -0.3 is 9.47 Å². The van der Waals surface area contributed by atoms with Crippen molar-refractivity contribution in [3.8, 4) is 17.0 Å². The van der Waals surface area contributed by atoms with E-state index in [4.69, 9.17) is 9.47 Å². The van der Waals surface area contributed by atoms with Gasteiger partial charge in [0, 0.05) is 24.1 Å². The summed E-state index contributed by atoms with van der Waals surface area (Å²) in [5.41, 5.74) is -0.0371. The van der Waals surface area contributed by atoms with E-state index in [2.05, 4.69) is 9.71 Å². The Hall–Kier alpha value is -2.17. The monoisotopic (exact) mass is 416 g/mol. The van der Waals surface area contributed by atoms with Gasteiger partial charge in [-0.1, -0.05) is 0 Å². The highest BCUT2D eigenvalue weighted by molar-refractivity contribution is 7.88. The Balaban J connectivity index is 1.73. The SMILES string of the molecule is CS(=O)(=O)N[C@H]1CCOC[C@@H]1COc1ccc(-c2ccc(F)cn2)c(F)c1F. The number of halogens is 3. The predicted molar refractivity (Wildman–Crippen MR) is 95.7 cm³/mol. The van der Waals surface area contributed by atoms with Gasteiger partial charge in [0.15, 0.2) is 11.6 Å². The van der Waals surface area contributed by atoms with Crippen molar-refractivity contribution in [1.82, 2.24) is 9.71 Å². The number of nitrogens with zero attached hydrogens (tertiary/aromatic N) is 1. The van der Waals surface area contributed by atoms with E-state index in [1.54, 1.807) is 0 Å². The first-order valence-corrected chi connectivity index (χ1v) is 10.4. The number of nitrogens with one attached hydrogen (secondary N) is 1. The van der Waals surface area contributed by atoms with Crippen molar-refractivity contribution in [2.75, 3.05) is 26.1 Å². The second-order valence-corrected chi connectivity index (χ2v) is 8.31. The number of rotatable bonds is 6. The average molecular weight is 416 g/mol. The van der Waals surface area contributed by atoms with Crippen LogP contribution in [0, 0.1) is 23.4 Å². The molecule has 0 saturated carbocycles. The van der Waals surface area contributed by atoms with E-state index >= 15 is 0 Å². The number of aromatic nitrogens is 1. The van der Waals surface area contributed by atoms with Crippen LogP contribution in [0.3, 0.4) is 0 Å².